The lowest BCUT2D eigenvalue weighted by Crippen LogP contribution is -1.91. The van der Waals surface area contributed by atoms with E-state index in [0.29, 0.717) is 0 Å². The summed E-state index contributed by atoms with van der Waals surface area (Å²) in [6.45, 7) is 2.03. The minimum atomic E-state index is 0.201. The van der Waals surface area contributed by atoms with E-state index in [0.717, 1.165) is 22.6 Å². The Morgan fingerprint density at radius 1 is 1.06 bits per heavy atom. The monoisotopic (exact) mass is 225 g/mol. The highest BCUT2D eigenvalue weighted by Crippen LogP contribution is 2.23. The Labute approximate surface area is 98.2 Å². The fraction of sp³-hybridized carbons (Fsp3) is 0.0769. The third-order valence-electron chi connectivity index (χ3n) is 2.77. The lowest BCUT2D eigenvalue weighted by atomic mass is 10.1. The van der Waals surface area contributed by atoms with Gasteiger partial charge in [0.25, 0.3) is 0 Å². The molecule has 2 aromatic heterocycles. The molecular formula is C13H11N3O. The second kappa shape index (κ2) is 3.59. The number of benzene rings is 1. The van der Waals surface area contributed by atoms with E-state index in [2.05, 4.69) is 10.2 Å². The molecule has 17 heavy (non-hydrogen) atoms. The summed E-state index contributed by atoms with van der Waals surface area (Å²) in [5, 5.41) is 17.8. The molecular weight excluding hydrogens is 214 g/mol. The van der Waals surface area contributed by atoms with Crippen molar-refractivity contribution in [1.82, 2.24) is 14.6 Å². The fourth-order valence-corrected chi connectivity index (χ4v) is 1.89. The third kappa shape index (κ3) is 1.54. The number of pyridine rings is 1. The van der Waals surface area contributed by atoms with Crippen molar-refractivity contribution in [3.63, 3.8) is 0 Å². The molecule has 0 radical (unpaired) electrons. The van der Waals surface area contributed by atoms with Gasteiger partial charge in [-0.05, 0) is 24.6 Å². The second-order valence-electron chi connectivity index (χ2n) is 3.95. The molecule has 3 aromatic rings. The average molecular weight is 225 g/mol. The van der Waals surface area contributed by atoms with Crippen molar-refractivity contribution in [2.45, 2.75) is 6.92 Å². The number of aromatic nitrogens is 3. The van der Waals surface area contributed by atoms with Crippen LogP contribution >= 0.6 is 0 Å². The van der Waals surface area contributed by atoms with Gasteiger partial charge in [0.1, 0.15) is 5.75 Å². The maximum Gasteiger partial charge on any atom is 0.168 e. The quantitative estimate of drug-likeness (QED) is 0.691. The summed E-state index contributed by atoms with van der Waals surface area (Å²) in [6.07, 6.45) is 1.62. The molecule has 4 heteroatoms. The second-order valence-corrected chi connectivity index (χ2v) is 3.95. The largest absolute Gasteiger partial charge is 0.506 e. The van der Waals surface area contributed by atoms with Crippen LogP contribution in [-0.2, 0) is 0 Å². The summed E-state index contributed by atoms with van der Waals surface area (Å²) in [5.41, 5.74) is 2.87. The highest BCUT2D eigenvalue weighted by molar-refractivity contribution is 5.63. The molecule has 0 aliphatic heterocycles. The molecule has 3 rings (SSSR count). The first kappa shape index (κ1) is 9.84. The predicted molar refractivity (Wildman–Crippen MR) is 64.8 cm³/mol. The summed E-state index contributed by atoms with van der Waals surface area (Å²) in [5.74, 6) is 0.945. The molecule has 0 atom stereocenters. The molecule has 0 saturated heterocycles. The zero-order valence-corrected chi connectivity index (χ0v) is 9.33. The molecule has 1 aromatic carbocycles. The van der Waals surface area contributed by atoms with Crippen molar-refractivity contribution in [2.24, 2.45) is 0 Å². The maximum atomic E-state index is 9.51. The number of fused-ring (bicyclic) bond motifs is 1. The third-order valence-corrected chi connectivity index (χ3v) is 2.77. The zero-order chi connectivity index (χ0) is 11.8. The Morgan fingerprint density at radius 2 is 1.88 bits per heavy atom. The van der Waals surface area contributed by atoms with Crippen molar-refractivity contribution < 1.29 is 5.11 Å². The van der Waals surface area contributed by atoms with Crippen LogP contribution in [0.15, 0.2) is 42.6 Å². The predicted octanol–water partition coefficient (Wildman–Crippen LogP) is 2.41. The average Bonchev–Trinajstić information content (AvgIpc) is 2.72. The first-order valence-corrected chi connectivity index (χ1v) is 5.35. The van der Waals surface area contributed by atoms with Crippen molar-refractivity contribution >= 4 is 5.65 Å². The van der Waals surface area contributed by atoms with E-state index in [4.69, 9.17) is 0 Å². The van der Waals surface area contributed by atoms with Crippen molar-refractivity contribution in [2.75, 3.05) is 0 Å². The summed E-state index contributed by atoms with van der Waals surface area (Å²) < 4.78 is 1.79. The minimum Gasteiger partial charge on any atom is -0.506 e. The van der Waals surface area contributed by atoms with Crippen molar-refractivity contribution in [3.05, 3.63) is 48.2 Å². The Morgan fingerprint density at radius 3 is 2.71 bits per heavy atom. The summed E-state index contributed by atoms with van der Waals surface area (Å²) in [7, 11) is 0. The van der Waals surface area contributed by atoms with E-state index in [-0.39, 0.29) is 5.75 Å². The van der Waals surface area contributed by atoms with Gasteiger partial charge in [-0.25, -0.2) is 0 Å². The van der Waals surface area contributed by atoms with E-state index >= 15 is 0 Å². The maximum absolute atomic E-state index is 9.51. The normalized spacial score (nSPS) is 10.9. The molecule has 2 heterocycles. The van der Waals surface area contributed by atoms with Gasteiger partial charge in [-0.1, -0.05) is 24.3 Å². The van der Waals surface area contributed by atoms with Crippen molar-refractivity contribution in [3.8, 4) is 17.1 Å². The van der Waals surface area contributed by atoms with Gasteiger partial charge in [-0.3, -0.25) is 4.40 Å². The van der Waals surface area contributed by atoms with E-state index in [9.17, 15) is 5.11 Å². The van der Waals surface area contributed by atoms with Crippen LogP contribution in [0.1, 0.15) is 5.56 Å². The van der Waals surface area contributed by atoms with Crippen LogP contribution < -0.4 is 0 Å². The summed E-state index contributed by atoms with van der Waals surface area (Å²) >= 11 is 0. The number of aromatic hydroxyl groups is 1. The first-order valence-electron chi connectivity index (χ1n) is 5.35. The molecule has 84 valence electrons. The van der Waals surface area contributed by atoms with Crippen LogP contribution in [0, 0.1) is 6.92 Å². The number of nitrogens with zero attached hydrogens (tertiary/aromatic N) is 3. The highest BCUT2D eigenvalue weighted by Gasteiger charge is 2.09. The van der Waals surface area contributed by atoms with Crippen molar-refractivity contribution in [1.29, 1.82) is 0 Å². The van der Waals surface area contributed by atoms with Crippen LogP contribution in [-0.4, -0.2) is 19.7 Å². The van der Waals surface area contributed by atoms with E-state index in [1.54, 1.807) is 22.7 Å². The molecule has 4 nitrogen and oxygen atoms in total. The summed E-state index contributed by atoms with van der Waals surface area (Å²) in [4.78, 5) is 0. The van der Waals surface area contributed by atoms with E-state index < -0.39 is 0 Å². The minimum absolute atomic E-state index is 0.201. The Hall–Kier alpha value is -2.36. The lowest BCUT2D eigenvalue weighted by Gasteiger charge is -2.03. The van der Waals surface area contributed by atoms with Gasteiger partial charge in [0.05, 0.1) is 6.20 Å². The topological polar surface area (TPSA) is 50.4 Å². The fourth-order valence-electron chi connectivity index (χ4n) is 1.89. The highest BCUT2D eigenvalue weighted by atomic mass is 16.3. The molecule has 0 fully saturated rings. The SMILES string of the molecule is Cc1ccccc1-c1nnc2ccc(O)cn12. The molecule has 0 aliphatic rings. The Balaban J connectivity index is 2.31. The molecule has 0 spiro atoms. The van der Waals surface area contributed by atoms with Gasteiger partial charge >= 0.3 is 0 Å². The molecule has 0 amide bonds. The van der Waals surface area contributed by atoms with Gasteiger partial charge in [0.15, 0.2) is 11.5 Å². The van der Waals surface area contributed by atoms with E-state index in [1.165, 1.54) is 0 Å². The molecule has 0 bridgehead atoms. The smallest absolute Gasteiger partial charge is 0.168 e. The number of hydrogen-bond acceptors (Lipinski definition) is 3. The Kier molecular flexibility index (Phi) is 2.08. The number of aryl methyl sites for hydroxylation is 1. The van der Waals surface area contributed by atoms with Crippen LogP contribution in [0.3, 0.4) is 0 Å². The first-order chi connectivity index (χ1) is 8.25. The van der Waals surface area contributed by atoms with Gasteiger partial charge in [-0.15, -0.1) is 10.2 Å². The van der Waals surface area contributed by atoms with Gasteiger partial charge in [-0.2, -0.15) is 0 Å². The van der Waals surface area contributed by atoms with E-state index in [1.807, 2.05) is 31.2 Å². The van der Waals surface area contributed by atoms with Gasteiger partial charge in [0, 0.05) is 5.56 Å². The molecule has 1 N–H and O–H groups in total. The van der Waals surface area contributed by atoms with Crippen LogP contribution in [0.2, 0.25) is 0 Å². The molecule has 0 aliphatic carbocycles. The van der Waals surface area contributed by atoms with Gasteiger partial charge < -0.3 is 5.11 Å². The lowest BCUT2D eigenvalue weighted by molar-refractivity contribution is 0.472. The standard InChI is InChI=1S/C13H11N3O/c1-9-4-2-3-5-11(9)13-15-14-12-7-6-10(17)8-16(12)13/h2-8,17H,1H3. The molecule has 0 saturated carbocycles. The Bertz CT molecular complexity index is 688. The van der Waals surface area contributed by atoms with Crippen LogP contribution in [0.25, 0.3) is 17.0 Å². The molecule has 0 unspecified atom stereocenters. The summed E-state index contributed by atoms with van der Waals surface area (Å²) in [6, 6.07) is 11.3. The van der Waals surface area contributed by atoms with Crippen LogP contribution in [0.5, 0.6) is 5.75 Å². The number of hydrogen-bond donors (Lipinski definition) is 1. The van der Waals surface area contributed by atoms with Crippen LogP contribution in [0.4, 0.5) is 0 Å². The number of rotatable bonds is 1. The zero-order valence-electron chi connectivity index (χ0n) is 9.33. The van der Waals surface area contributed by atoms with Gasteiger partial charge in [0.2, 0.25) is 0 Å².